The van der Waals surface area contributed by atoms with Crippen molar-refractivity contribution in [2.45, 2.75) is 6.42 Å². The topological polar surface area (TPSA) is 80.0 Å². The fourth-order valence-electron chi connectivity index (χ4n) is 2.64. The molecule has 6 nitrogen and oxygen atoms in total. The number of urea groups is 1. The monoisotopic (exact) mass is 410 g/mol. The minimum Gasteiger partial charge on any atom is -0.339 e. The number of hydrogen-bond donors (Lipinski definition) is 2. The van der Waals surface area contributed by atoms with Gasteiger partial charge in [-0.15, -0.1) is 11.3 Å². The van der Waals surface area contributed by atoms with E-state index in [1.165, 1.54) is 0 Å². The Balaban J connectivity index is 1.47. The Morgan fingerprint density at radius 3 is 2.79 bits per heavy atom. The average molecular weight is 411 g/mol. The van der Waals surface area contributed by atoms with Gasteiger partial charge in [-0.1, -0.05) is 47.1 Å². The van der Waals surface area contributed by atoms with Gasteiger partial charge in [0.25, 0.3) is 0 Å². The number of carbonyl (C=O) groups is 1. The molecular formula is C20H15ClN4O2S. The van der Waals surface area contributed by atoms with Gasteiger partial charge in [-0.05, 0) is 41.3 Å². The molecule has 0 atom stereocenters. The van der Waals surface area contributed by atoms with Gasteiger partial charge in [0, 0.05) is 16.4 Å². The van der Waals surface area contributed by atoms with E-state index < -0.39 is 0 Å². The Kier molecular flexibility index (Phi) is 5.36. The van der Waals surface area contributed by atoms with Crippen molar-refractivity contribution in [3.05, 3.63) is 82.5 Å². The Hall–Kier alpha value is -3.16. The summed E-state index contributed by atoms with van der Waals surface area (Å²) in [5.74, 6) is 1.04. The first-order chi connectivity index (χ1) is 13.7. The number of anilines is 2. The zero-order valence-electron chi connectivity index (χ0n) is 14.6. The number of aromatic nitrogens is 2. The van der Waals surface area contributed by atoms with E-state index in [1.54, 1.807) is 35.6 Å². The third kappa shape index (κ3) is 4.39. The van der Waals surface area contributed by atoms with Crippen LogP contribution in [0.2, 0.25) is 5.02 Å². The number of rotatable bonds is 5. The second-order valence-electron chi connectivity index (χ2n) is 5.91. The molecule has 4 aromatic rings. The van der Waals surface area contributed by atoms with E-state index in [2.05, 4.69) is 20.8 Å². The fraction of sp³-hybridized carbons (Fsp3) is 0.0500. The fourth-order valence-corrected chi connectivity index (χ4v) is 3.48. The highest BCUT2D eigenvalue weighted by atomic mass is 35.5. The maximum atomic E-state index is 12.3. The van der Waals surface area contributed by atoms with Crippen LogP contribution in [0.5, 0.6) is 0 Å². The molecule has 4 rings (SSSR count). The van der Waals surface area contributed by atoms with Crippen molar-refractivity contribution in [2.75, 3.05) is 10.6 Å². The first kappa shape index (κ1) is 18.2. The summed E-state index contributed by atoms with van der Waals surface area (Å²) >= 11 is 7.50. The summed E-state index contributed by atoms with van der Waals surface area (Å²) in [4.78, 5) is 17.7. The lowest BCUT2D eigenvalue weighted by Gasteiger charge is -2.11. The molecule has 0 saturated carbocycles. The normalized spacial score (nSPS) is 10.6. The molecule has 140 valence electrons. The highest BCUT2D eigenvalue weighted by Gasteiger charge is 2.13. The third-order valence-corrected chi connectivity index (χ3v) is 5.00. The molecule has 2 aromatic carbocycles. The Morgan fingerprint density at radius 2 is 1.96 bits per heavy atom. The van der Waals surface area contributed by atoms with Crippen LogP contribution in [0.3, 0.4) is 0 Å². The van der Waals surface area contributed by atoms with Crippen LogP contribution in [0.15, 0.2) is 70.6 Å². The molecule has 0 bridgehead atoms. The molecule has 2 amide bonds. The number of halogens is 1. The number of carbonyl (C=O) groups excluding carboxylic acids is 1. The molecule has 0 saturated heterocycles. The van der Waals surface area contributed by atoms with E-state index in [9.17, 15) is 4.79 Å². The van der Waals surface area contributed by atoms with E-state index >= 15 is 0 Å². The first-order valence-electron chi connectivity index (χ1n) is 8.45. The van der Waals surface area contributed by atoms with Crippen molar-refractivity contribution >= 4 is 40.3 Å². The maximum Gasteiger partial charge on any atom is 0.323 e. The van der Waals surface area contributed by atoms with E-state index in [0.29, 0.717) is 34.5 Å². The van der Waals surface area contributed by atoms with Gasteiger partial charge in [-0.2, -0.15) is 4.98 Å². The molecule has 0 aliphatic carbocycles. The van der Waals surface area contributed by atoms with Gasteiger partial charge in [-0.3, -0.25) is 0 Å². The van der Waals surface area contributed by atoms with Crippen LogP contribution in [0.1, 0.15) is 11.5 Å². The minimum atomic E-state index is -0.362. The summed E-state index contributed by atoms with van der Waals surface area (Å²) in [6.07, 6.45) is 0.409. The van der Waals surface area contributed by atoms with E-state index in [1.807, 2.05) is 41.8 Å². The van der Waals surface area contributed by atoms with Crippen LogP contribution in [0.4, 0.5) is 16.2 Å². The number of hydrogen-bond acceptors (Lipinski definition) is 5. The predicted octanol–water partition coefficient (Wildman–Crippen LogP) is 5.69. The van der Waals surface area contributed by atoms with Gasteiger partial charge in [0.05, 0.1) is 11.3 Å². The zero-order chi connectivity index (χ0) is 19.3. The van der Waals surface area contributed by atoms with Gasteiger partial charge < -0.3 is 15.2 Å². The largest absolute Gasteiger partial charge is 0.339 e. The molecule has 0 spiro atoms. The quantitative estimate of drug-likeness (QED) is 0.443. The van der Waals surface area contributed by atoms with Gasteiger partial charge in [-0.25, -0.2) is 4.79 Å². The molecule has 0 unspecified atom stereocenters. The van der Waals surface area contributed by atoms with Crippen molar-refractivity contribution in [2.24, 2.45) is 0 Å². The highest BCUT2D eigenvalue weighted by molar-refractivity contribution is 7.13. The van der Waals surface area contributed by atoms with Gasteiger partial charge in [0.1, 0.15) is 0 Å². The molecule has 0 radical (unpaired) electrons. The highest BCUT2D eigenvalue weighted by Crippen LogP contribution is 2.24. The summed E-state index contributed by atoms with van der Waals surface area (Å²) in [6.45, 7) is 0. The van der Waals surface area contributed by atoms with Crippen LogP contribution in [0, 0.1) is 0 Å². The van der Waals surface area contributed by atoms with Crippen LogP contribution in [0.25, 0.3) is 10.7 Å². The van der Waals surface area contributed by atoms with E-state index in [-0.39, 0.29) is 6.03 Å². The average Bonchev–Trinajstić information content (AvgIpc) is 3.35. The third-order valence-electron chi connectivity index (χ3n) is 3.90. The van der Waals surface area contributed by atoms with Crippen LogP contribution < -0.4 is 10.6 Å². The lowest BCUT2D eigenvalue weighted by Crippen LogP contribution is -2.20. The zero-order valence-corrected chi connectivity index (χ0v) is 16.1. The Bertz CT molecular complexity index is 1100. The van der Waals surface area contributed by atoms with Crippen LogP contribution in [-0.2, 0) is 6.42 Å². The molecular weight excluding hydrogens is 396 g/mol. The second kappa shape index (κ2) is 8.24. The van der Waals surface area contributed by atoms with E-state index in [0.717, 1.165) is 10.4 Å². The summed E-state index contributed by atoms with van der Waals surface area (Å²) in [6, 6.07) is 18.0. The molecule has 2 heterocycles. The number of benzene rings is 2. The molecule has 2 aromatic heterocycles. The number of amides is 2. The predicted molar refractivity (Wildman–Crippen MR) is 111 cm³/mol. The molecule has 0 aliphatic rings. The molecule has 0 fully saturated rings. The van der Waals surface area contributed by atoms with Gasteiger partial charge in [0.2, 0.25) is 11.7 Å². The lowest BCUT2D eigenvalue weighted by molar-refractivity contribution is 0.262. The van der Waals surface area contributed by atoms with Gasteiger partial charge in [0.15, 0.2) is 0 Å². The molecule has 8 heteroatoms. The van der Waals surface area contributed by atoms with Crippen molar-refractivity contribution in [3.8, 4) is 10.7 Å². The van der Waals surface area contributed by atoms with Crippen molar-refractivity contribution in [3.63, 3.8) is 0 Å². The standard InChI is InChI=1S/C20H15ClN4O2S/c21-14-6-3-7-15(12-14)22-20(26)23-16-8-2-1-5-13(16)11-18-24-19(25-27-18)17-9-4-10-28-17/h1-10,12H,11H2,(H2,22,23,26). The molecule has 2 N–H and O–H groups in total. The minimum absolute atomic E-state index is 0.362. The second-order valence-corrected chi connectivity index (χ2v) is 7.30. The summed E-state index contributed by atoms with van der Waals surface area (Å²) in [5, 5.41) is 12.1. The first-order valence-corrected chi connectivity index (χ1v) is 9.71. The summed E-state index contributed by atoms with van der Waals surface area (Å²) in [5.41, 5.74) is 2.14. The Labute approximate surface area is 170 Å². The van der Waals surface area contributed by atoms with Crippen LogP contribution in [-0.4, -0.2) is 16.2 Å². The lowest BCUT2D eigenvalue weighted by atomic mass is 10.1. The molecule has 0 aliphatic heterocycles. The Morgan fingerprint density at radius 1 is 1.07 bits per heavy atom. The summed E-state index contributed by atoms with van der Waals surface area (Å²) < 4.78 is 5.36. The SMILES string of the molecule is O=C(Nc1cccc(Cl)c1)Nc1ccccc1Cc1nc(-c2cccs2)no1. The number of nitrogens with one attached hydrogen (secondary N) is 2. The maximum absolute atomic E-state index is 12.3. The summed E-state index contributed by atoms with van der Waals surface area (Å²) in [7, 11) is 0. The van der Waals surface area contributed by atoms with Crippen molar-refractivity contribution < 1.29 is 9.32 Å². The number of nitrogens with zero attached hydrogens (tertiary/aromatic N) is 2. The number of thiophene rings is 1. The van der Waals surface area contributed by atoms with Crippen molar-refractivity contribution in [1.82, 2.24) is 10.1 Å². The smallest absolute Gasteiger partial charge is 0.323 e. The molecule has 28 heavy (non-hydrogen) atoms. The van der Waals surface area contributed by atoms with Crippen LogP contribution >= 0.6 is 22.9 Å². The number of para-hydroxylation sites is 1. The van der Waals surface area contributed by atoms with Gasteiger partial charge >= 0.3 is 6.03 Å². The van der Waals surface area contributed by atoms with Crippen molar-refractivity contribution in [1.29, 1.82) is 0 Å². The van der Waals surface area contributed by atoms with E-state index in [4.69, 9.17) is 16.1 Å².